The Balaban J connectivity index is 1.67. The molecule has 0 spiro atoms. The molecule has 1 saturated carbocycles. The van der Waals surface area contributed by atoms with Crippen molar-refractivity contribution < 1.29 is 9.59 Å². The van der Waals surface area contributed by atoms with Gasteiger partial charge >= 0.3 is 0 Å². The molecule has 2 N–H and O–H groups in total. The number of hydrogen-bond donors (Lipinski definition) is 2. The van der Waals surface area contributed by atoms with E-state index in [-0.39, 0.29) is 17.7 Å². The number of carbonyl (C=O) groups is 2. The molecule has 1 aromatic rings. The zero-order valence-corrected chi connectivity index (χ0v) is 12.9. The van der Waals surface area contributed by atoms with Gasteiger partial charge < -0.3 is 15.2 Å². The van der Waals surface area contributed by atoms with E-state index in [0.717, 1.165) is 57.3 Å². The Hall–Kier alpha value is -1.85. The van der Waals surface area contributed by atoms with Crippen molar-refractivity contribution in [1.82, 2.24) is 20.2 Å². The van der Waals surface area contributed by atoms with Crippen molar-refractivity contribution in [1.29, 1.82) is 0 Å². The Morgan fingerprint density at radius 2 is 2.00 bits per heavy atom. The van der Waals surface area contributed by atoms with Gasteiger partial charge in [0.05, 0.1) is 6.33 Å². The van der Waals surface area contributed by atoms with Gasteiger partial charge in [0, 0.05) is 37.3 Å². The van der Waals surface area contributed by atoms with Crippen LogP contribution in [0.1, 0.15) is 44.2 Å². The summed E-state index contributed by atoms with van der Waals surface area (Å²) >= 11 is 0. The predicted octanol–water partition coefficient (Wildman–Crippen LogP) is 1.25. The van der Waals surface area contributed by atoms with Crippen LogP contribution >= 0.6 is 0 Å². The first-order chi connectivity index (χ1) is 10.7. The van der Waals surface area contributed by atoms with Crippen molar-refractivity contribution in [3.63, 3.8) is 0 Å². The summed E-state index contributed by atoms with van der Waals surface area (Å²) in [4.78, 5) is 34.0. The van der Waals surface area contributed by atoms with Gasteiger partial charge in [-0.1, -0.05) is 12.8 Å². The van der Waals surface area contributed by atoms with Crippen LogP contribution in [0.15, 0.2) is 12.5 Å². The van der Waals surface area contributed by atoms with Gasteiger partial charge in [-0.15, -0.1) is 0 Å². The molecule has 2 amide bonds. The number of aromatic nitrogens is 2. The summed E-state index contributed by atoms with van der Waals surface area (Å²) in [5, 5.41) is 3.00. The van der Waals surface area contributed by atoms with Crippen molar-refractivity contribution >= 4 is 11.8 Å². The first-order valence-electron chi connectivity index (χ1n) is 8.30. The summed E-state index contributed by atoms with van der Waals surface area (Å²) in [7, 11) is 0. The number of nitrogens with zero attached hydrogens (tertiary/aromatic N) is 2. The second-order valence-electron chi connectivity index (χ2n) is 6.36. The second kappa shape index (κ2) is 6.94. The van der Waals surface area contributed by atoms with Crippen LogP contribution in [-0.2, 0) is 16.0 Å². The number of rotatable bonds is 5. The summed E-state index contributed by atoms with van der Waals surface area (Å²) in [5.74, 6) is 0.156. The molecule has 0 aromatic carbocycles. The molecule has 1 saturated heterocycles. The molecular formula is C16H24N4O2. The van der Waals surface area contributed by atoms with Crippen molar-refractivity contribution in [2.24, 2.45) is 5.92 Å². The lowest BCUT2D eigenvalue weighted by Crippen LogP contribution is -2.50. The number of carbonyl (C=O) groups excluding carboxylic acids is 2. The minimum absolute atomic E-state index is 0.0366. The van der Waals surface area contributed by atoms with Crippen LogP contribution < -0.4 is 5.32 Å². The molecular weight excluding hydrogens is 280 g/mol. The van der Waals surface area contributed by atoms with E-state index in [1.54, 1.807) is 12.5 Å². The highest BCUT2D eigenvalue weighted by Crippen LogP contribution is 2.25. The molecule has 1 aliphatic carbocycles. The monoisotopic (exact) mass is 304 g/mol. The zero-order valence-electron chi connectivity index (χ0n) is 12.9. The lowest BCUT2D eigenvalue weighted by molar-refractivity contribution is -0.136. The average molecular weight is 304 g/mol. The van der Waals surface area contributed by atoms with Gasteiger partial charge in [-0.05, 0) is 25.7 Å². The van der Waals surface area contributed by atoms with Gasteiger partial charge in [0.15, 0.2) is 0 Å². The number of hydrogen-bond acceptors (Lipinski definition) is 3. The van der Waals surface area contributed by atoms with Gasteiger partial charge in [0.1, 0.15) is 6.04 Å². The first kappa shape index (κ1) is 15.1. The summed E-state index contributed by atoms with van der Waals surface area (Å²) in [6, 6.07) is -0.480. The highest BCUT2D eigenvalue weighted by Gasteiger charge is 2.31. The zero-order chi connectivity index (χ0) is 15.4. The standard InChI is InChI=1S/C16H24N4O2/c21-15(12-5-1-2-6-12)19-14(9-13-10-17-11-18-13)16(22)20-7-3-4-8-20/h10-12,14H,1-9H2,(H,17,18)(H,19,21)/t14-/m1/s1. The van der Waals surface area contributed by atoms with E-state index >= 15 is 0 Å². The van der Waals surface area contributed by atoms with Crippen LogP contribution in [0.5, 0.6) is 0 Å². The Labute approximate surface area is 130 Å². The van der Waals surface area contributed by atoms with Crippen LogP contribution in [0.4, 0.5) is 0 Å². The molecule has 2 fully saturated rings. The molecule has 1 aliphatic heterocycles. The maximum absolute atomic E-state index is 12.7. The predicted molar refractivity (Wildman–Crippen MR) is 82.0 cm³/mol. The highest BCUT2D eigenvalue weighted by molar-refractivity contribution is 5.89. The molecule has 1 atom stereocenters. The van der Waals surface area contributed by atoms with Gasteiger partial charge in [-0.25, -0.2) is 4.98 Å². The molecule has 2 aliphatic rings. The molecule has 6 heteroatoms. The van der Waals surface area contributed by atoms with Crippen LogP contribution in [0.25, 0.3) is 0 Å². The number of H-pyrrole nitrogens is 1. The fourth-order valence-electron chi connectivity index (χ4n) is 3.45. The van der Waals surface area contributed by atoms with Crippen molar-refractivity contribution in [3.8, 4) is 0 Å². The van der Waals surface area contributed by atoms with Crippen LogP contribution in [0, 0.1) is 5.92 Å². The largest absolute Gasteiger partial charge is 0.348 e. The minimum Gasteiger partial charge on any atom is -0.348 e. The van der Waals surface area contributed by atoms with Crippen molar-refractivity contribution in [2.45, 2.75) is 51.0 Å². The maximum atomic E-state index is 12.7. The third-order valence-electron chi connectivity index (χ3n) is 4.74. The first-order valence-corrected chi connectivity index (χ1v) is 8.30. The van der Waals surface area contributed by atoms with E-state index < -0.39 is 6.04 Å². The van der Waals surface area contributed by atoms with Gasteiger partial charge in [-0.2, -0.15) is 0 Å². The summed E-state index contributed by atoms with van der Waals surface area (Å²) in [6.45, 7) is 1.61. The molecule has 0 bridgehead atoms. The molecule has 0 radical (unpaired) electrons. The fourth-order valence-corrected chi connectivity index (χ4v) is 3.45. The smallest absolute Gasteiger partial charge is 0.245 e. The van der Waals surface area contributed by atoms with Crippen LogP contribution in [0.2, 0.25) is 0 Å². The number of aromatic amines is 1. The number of nitrogens with one attached hydrogen (secondary N) is 2. The normalized spacial score (nSPS) is 20.3. The molecule has 0 unspecified atom stereocenters. The van der Waals surface area contributed by atoms with E-state index in [0.29, 0.717) is 6.42 Å². The van der Waals surface area contributed by atoms with Gasteiger partial charge in [-0.3, -0.25) is 9.59 Å². The minimum atomic E-state index is -0.480. The Morgan fingerprint density at radius 1 is 1.27 bits per heavy atom. The Morgan fingerprint density at radius 3 is 2.64 bits per heavy atom. The maximum Gasteiger partial charge on any atom is 0.245 e. The molecule has 1 aromatic heterocycles. The third kappa shape index (κ3) is 3.48. The lowest BCUT2D eigenvalue weighted by Gasteiger charge is -2.25. The topological polar surface area (TPSA) is 78.1 Å². The van der Waals surface area contributed by atoms with Crippen molar-refractivity contribution in [3.05, 3.63) is 18.2 Å². The van der Waals surface area contributed by atoms with Gasteiger partial charge in [0.25, 0.3) is 0 Å². The number of imidazole rings is 1. The van der Waals surface area contributed by atoms with E-state index in [9.17, 15) is 9.59 Å². The van der Waals surface area contributed by atoms with Crippen LogP contribution in [-0.4, -0.2) is 45.8 Å². The van der Waals surface area contributed by atoms with E-state index in [1.807, 2.05) is 4.90 Å². The SMILES string of the molecule is O=C(N[C@H](Cc1cnc[nH]1)C(=O)N1CCCC1)C1CCCC1. The van der Waals surface area contributed by atoms with Crippen molar-refractivity contribution in [2.75, 3.05) is 13.1 Å². The third-order valence-corrected chi connectivity index (χ3v) is 4.74. The lowest BCUT2D eigenvalue weighted by atomic mass is 10.1. The number of amides is 2. The van der Waals surface area contributed by atoms with Gasteiger partial charge in [0.2, 0.25) is 11.8 Å². The summed E-state index contributed by atoms with van der Waals surface area (Å²) < 4.78 is 0. The van der Waals surface area contributed by atoms with E-state index in [4.69, 9.17) is 0 Å². The second-order valence-corrected chi connectivity index (χ2v) is 6.36. The molecule has 120 valence electrons. The Bertz CT molecular complexity index is 502. The summed E-state index contributed by atoms with van der Waals surface area (Å²) in [6.07, 6.45) is 10.0. The quantitative estimate of drug-likeness (QED) is 0.859. The molecule has 22 heavy (non-hydrogen) atoms. The fraction of sp³-hybridized carbons (Fsp3) is 0.688. The van der Waals surface area contributed by atoms with E-state index in [2.05, 4.69) is 15.3 Å². The summed E-state index contributed by atoms with van der Waals surface area (Å²) in [5.41, 5.74) is 0.879. The average Bonchev–Trinajstić information content (AvgIpc) is 3.26. The molecule has 6 nitrogen and oxygen atoms in total. The molecule has 2 heterocycles. The molecule has 3 rings (SSSR count). The Kier molecular flexibility index (Phi) is 4.75. The van der Waals surface area contributed by atoms with Crippen LogP contribution in [0.3, 0.4) is 0 Å². The number of likely N-dealkylation sites (tertiary alicyclic amines) is 1. The van der Waals surface area contributed by atoms with E-state index in [1.165, 1.54) is 0 Å². The highest BCUT2D eigenvalue weighted by atomic mass is 16.2.